The van der Waals surface area contributed by atoms with Gasteiger partial charge in [0, 0.05) is 6.20 Å². The normalized spacial score (nSPS) is 9.68. The van der Waals surface area contributed by atoms with E-state index < -0.39 is 5.97 Å². The average Bonchev–Trinajstić information content (AvgIpc) is 2.41. The predicted octanol–water partition coefficient (Wildman–Crippen LogP) is 3.05. The Kier molecular flexibility index (Phi) is 3.64. The summed E-state index contributed by atoms with van der Waals surface area (Å²) in [7, 11) is 0. The van der Waals surface area contributed by atoms with Crippen LogP contribution < -0.4 is 5.32 Å². The fourth-order valence-corrected chi connectivity index (χ4v) is 1.63. The second-order valence-electron chi connectivity index (χ2n) is 3.67. The van der Waals surface area contributed by atoms with Crippen molar-refractivity contribution in [2.75, 3.05) is 5.32 Å². The van der Waals surface area contributed by atoms with Crippen molar-refractivity contribution in [1.29, 1.82) is 5.26 Å². The third-order valence-electron chi connectivity index (χ3n) is 2.37. The van der Waals surface area contributed by atoms with Crippen molar-refractivity contribution in [2.24, 2.45) is 0 Å². The molecule has 1 heterocycles. The van der Waals surface area contributed by atoms with E-state index in [4.69, 9.17) is 22.0 Å². The van der Waals surface area contributed by atoms with E-state index in [9.17, 15) is 4.79 Å². The minimum Gasteiger partial charge on any atom is -0.478 e. The molecule has 0 spiro atoms. The molecule has 0 bridgehead atoms. The highest BCUT2D eigenvalue weighted by Gasteiger charge is 2.07. The number of carboxylic acids is 1. The summed E-state index contributed by atoms with van der Waals surface area (Å²) in [4.78, 5) is 14.8. The van der Waals surface area contributed by atoms with Gasteiger partial charge in [0.25, 0.3) is 0 Å². The molecule has 2 N–H and O–H groups in total. The molecule has 6 heteroatoms. The zero-order valence-corrected chi connectivity index (χ0v) is 10.3. The minimum absolute atomic E-state index is 0.116. The van der Waals surface area contributed by atoms with Crippen molar-refractivity contribution < 1.29 is 9.90 Å². The van der Waals surface area contributed by atoms with E-state index in [0.717, 1.165) is 0 Å². The summed E-state index contributed by atoms with van der Waals surface area (Å²) in [6, 6.07) is 9.52. The largest absolute Gasteiger partial charge is 0.478 e. The number of carboxylic acid groups (broad SMARTS) is 1. The van der Waals surface area contributed by atoms with Gasteiger partial charge in [0.15, 0.2) is 0 Å². The van der Waals surface area contributed by atoms with Crippen molar-refractivity contribution >= 4 is 29.1 Å². The number of benzene rings is 1. The maximum absolute atomic E-state index is 10.8. The first-order chi connectivity index (χ1) is 9.10. The van der Waals surface area contributed by atoms with Gasteiger partial charge in [0.1, 0.15) is 5.82 Å². The molecule has 0 saturated heterocycles. The van der Waals surface area contributed by atoms with Crippen LogP contribution in [0.5, 0.6) is 0 Å². The van der Waals surface area contributed by atoms with Gasteiger partial charge in [-0.2, -0.15) is 5.26 Å². The van der Waals surface area contributed by atoms with Crippen LogP contribution in [0.25, 0.3) is 0 Å². The number of rotatable bonds is 3. The van der Waals surface area contributed by atoms with Crippen molar-refractivity contribution in [2.45, 2.75) is 0 Å². The number of carbonyl (C=O) groups is 1. The number of hydrogen-bond acceptors (Lipinski definition) is 4. The highest BCUT2D eigenvalue weighted by atomic mass is 35.5. The summed E-state index contributed by atoms with van der Waals surface area (Å²) in [5.74, 6) is -0.695. The molecule has 0 fully saturated rings. The maximum Gasteiger partial charge on any atom is 0.335 e. The lowest BCUT2D eigenvalue weighted by Crippen LogP contribution is -2.00. The van der Waals surface area contributed by atoms with Crippen molar-refractivity contribution in [3.8, 4) is 6.07 Å². The Morgan fingerprint density at radius 3 is 2.84 bits per heavy atom. The van der Waals surface area contributed by atoms with Crippen LogP contribution in [0, 0.1) is 11.3 Å². The smallest absolute Gasteiger partial charge is 0.335 e. The van der Waals surface area contributed by atoms with Crippen LogP contribution in [0.1, 0.15) is 15.9 Å². The summed E-state index contributed by atoms with van der Waals surface area (Å²) in [5.41, 5.74) is 1.06. The van der Waals surface area contributed by atoms with Crippen LogP contribution in [0.15, 0.2) is 36.5 Å². The molecule has 1 aromatic carbocycles. The number of halogens is 1. The Balaban J connectivity index is 2.33. The van der Waals surface area contributed by atoms with E-state index in [2.05, 4.69) is 10.3 Å². The zero-order chi connectivity index (χ0) is 13.8. The number of hydrogen-bond donors (Lipinski definition) is 2. The molecule has 0 atom stereocenters. The van der Waals surface area contributed by atoms with E-state index in [1.54, 1.807) is 18.2 Å². The van der Waals surface area contributed by atoms with Gasteiger partial charge in [-0.1, -0.05) is 11.6 Å². The number of aromatic nitrogens is 1. The quantitative estimate of drug-likeness (QED) is 0.897. The number of pyridine rings is 1. The Labute approximate surface area is 114 Å². The van der Waals surface area contributed by atoms with Gasteiger partial charge in [0.05, 0.1) is 27.9 Å². The number of nitrogens with one attached hydrogen (secondary N) is 1. The molecule has 0 aliphatic carbocycles. The molecule has 94 valence electrons. The van der Waals surface area contributed by atoms with Gasteiger partial charge in [-0.05, 0) is 30.3 Å². The fourth-order valence-electron chi connectivity index (χ4n) is 1.46. The molecule has 0 amide bonds. The highest BCUT2D eigenvalue weighted by Crippen LogP contribution is 2.25. The van der Waals surface area contributed by atoms with Crippen molar-refractivity contribution in [1.82, 2.24) is 4.98 Å². The summed E-state index contributed by atoms with van der Waals surface area (Å²) < 4.78 is 0. The molecule has 1 aromatic heterocycles. The van der Waals surface area contributed by atoms with Crippen LogP contribution in [0.4, 0.5) is 11.5 Å². The molecular weight excluding hydrogens is 266 g/mol. The zero-order valence-electron chi connectivity index (χ0n) is 9.59. The fraction of sp³-hybridized carbons (Fsp3) is 0. The molecule has 0 aliphatic rings. The Morgan fingerprint density at radius 1 is 1.37 bits per heavy atom. The number of nitriles is 1. The lowest BCUT2D eigenvalue weighted by atomic mass is 10.2. The Bertz CT molecular complexity index is 680. The van der Waals surface area contributed by atoms with E-state index in [1.807, 2.05) is 6.07 Å². The molecule has 0 aliphatic heterocycles. The van der Waals surface area contributed by atoms with Crippen molar-refractivity contribution in [3.05, 3.63) is 52.7 Å². The second kappa shape index (κ2) is 5.38. The maximum atomic E-state index is 10.8. The van der Waals surface area contributed by atoms with Crippen LogP contribution >= 0.6 is 11.6 Å². The monoisotopic (exact) mass is 273 g/mol. The molecule has 0 radical (unpaired) electrons. The molecule has 0 saturated carbocycles. The van der Waals surface area contributed by atoms with E-state index >= 15 is 0 Å². The van der Waals surface area contributed by atoms with Gasteiger partial charge < -0.3 is 10.4 Å². The van der Waals surface area contributed by atoms with E-state index in [0.29, 0.717) is 22.1 Å². The summed E-state index contributed by atoms with van der Waals surface area (Å²) in [6.45, 7) is 0. The van der Waals surface area contributed by atoms with E-state index in [1.165, 1.54) is 18.3 Å². The second-order valence-corrected chi connectivity index (χ2v) is 4.07. The Hall–Kier alpha value is -2.58. The predicted molar refractivity (Wildman–Crippen MR) is 70.6 cm³/mol. The number of anilines is 2. The molecular formula is C13H8ClN3O2. The minimum atomic E-state index is -1.04. The number of nitrogens with zero attached hydrogens (tertiary/aromatic N) is 2. The van der Waals surface area contributed by atoms with Gasteiger partial charge >= 0.3 is 5.97 Å². The van der Waals surface area contributed by atoms with Gasteiger partial charge in [0.2, 0.25) is 0 Å². The third-order valence-corrected chi connectivity index (χ3v) is 2.69. The molecule has 5 nitrogen and oxygen atoms in total. The summed E-state index contributed by atoms with van der Waals surface area (Å²) in [6.07, 6.45) is 1.38. The topological polar surface area (TPSA) is 86.0 Å². The van der Waals surface area contributed by atoms with Gasteiger partial charge in [-0.3, -0.25) is 0 Å². The van der Waals surface area contributed by atoms with Crippen LogP contribution in [-0.4, -0.2) is 16.1 Å². The van der Waals surface area contributed by atoms with Crippen LogP contribution in [-0.2, 0) is 0 Å². The number of aromatic carboxylic acids is 1. The third kappa shape index (κ3) is 3.00. The lowest BCUT2D eigenvalue weighted by molar-refractivity contribution is 0.0697. The molecule has 19 heavy (non-hydrogen) atoms. The standard InChI is InChI=1S/C13H8ClN3O2/c14-10-2-1-8(7-15)5-11(10)17-12-6-9(13(18)19)3-4-16-12/h1-6H,(H,16,17)(H,18,19). The molecule has 2 rings (SSSR count). The lowest BCUT2D eigenvalue weighted by Gasteiger charge is -2.08. The average molecular weight is 274 g/mol. The van der Waals surface area contributed by atoms with Gasteiger partial charge in [-0.25, -0.2) is 9.78 Å². The van der Waals surface area contributed by atoms with Crippen LogP contribution in [0.2, 0.25) is 5.02 Å². The molecule has 2 aromatic rings. The summed E-state index contributed by atoms with van der Waals surface area (Å²) >= 11 is 5.99. The summed E-state index contributed by atoms with van der Waals surface area (Å²) in [5, 5.41) is 21.0. The Morgan fingerprint density at radius 2 is 2.16 bits per heavy atom. The first-order valence-corrected chi connectivity index (χ1v) is 5.64. The SMILES string of the molecule is N#Cc1ccc(Cl)c(Nc2cc(C(=O)O)ccn2)c1. The molecule has 0 unspecified atom stereocenters. The van der Waals surface area contributed by atoms with E-state index in [-0.39, 0.29) is 5.56 Å². The van der Waals surface area contributed by atoms with Gasteiger partial charge in [-0.15, -0.1) is 0 Å². The first kappa shape index (κ1) is 12.9. The first-order valence-electron chi connectivity index (χ1n) is 5.26. The van der Waals surface area contributed by atoms with Crippen molar-refractivity contribution in [3.63, 3.8) is 0 Å². The highest BCUT2D eigenvalue weighted by molar-refractivity contribution is 6.33. The van der Waals surface area contributed by atoms with Crippen LogP contribution in [0.3, 0.4) is 0 Å².